The maximum absolute atomic E-state index is 12.8. The lowest BCUT2D eigenvalue weighted by Crippen LogP contribution is -2.46. The molecule has 1 aliphatic heterocycles. The molecule has 0 bridgehead atoms. The zero-order valence-corrected chi connectivity index (χ0v) is 14.5. The third kappa shape index (κ3) is 4.71. The Bertz CT molecular complexity index is 599. The zero-order chi connectivity index (χ0) is 17.6. The van der Waals surface area contributed by atoms with Crippen LogP contribution in [-0.4, -0.2) is 36.0 Å². The highest BCUT2D eigenvalue weighted by Gasteiger charge is 2.35. The molecular formula is C19H26FN3O2. The second-order valence-electron chi connectivity index (χ2n) is 7.00. The van der Waals surface area contributed by atoms with Crippen LogP contribution in [0.25, 0.3) is 0 Å². The fourth-order valence-electron chi connectivity index (χ4n) is 4.04. The summed E-state index contributed by atoms with van der Waals surface area (Å²) in [6, 6.07) is 5.94. The van der Waals surface area contributed by atoms with E-state index < -0.39 is 0 Å². The van der Waals surface area contributed by atoms with Crippen molar-refractivity contribution in [2.75, 3.05) is 13.1 Å². The van der Waals surface area contributed by atoms with Crippen LogP contribution in [0.3, 0.4) is 0 Å². The van der Waals surface area contributed by atoms with E-state index in [9.17, 15) is 14.0 Å². The largest absolute Gasteiger partial charge is 0.338 e. The van der Waals surface area contributed by atoms with Crippen LogP contribution >= 0.6 is 0 Å². The van der Waals surface area contributed by atoms with Gasteiger partial charge in [0, 0.05) is 19.1 Å². The molecule has 5 nitrogen and oxygen atoms in total. The average molecular weight is 347 g/mol. The van der Waals surface area contributed by atoms with Gasteiger partial charge in [-0.2, -0.15) is 0 Å². The van der Waals surface area contributed by atoms with Crippen molar-refractivity contribution in [2.24, 2.45) is 5.92 Å². The van der Waals surface area contributed by atoms with E-state index in [0.29, 0.717) is 18.5 Å². The van der Waals surface area contributed by atoms with Crippen molar-refractivity contribution in [3.8, 4) is 0 Å². The summed E-state index contributed by atoms with van der Waals surface area (Å²) in [6.07, 6.45) is 7.14. The topological polar surface area (TPSA) is 61.4 Å². The smallest absolute Gasteiger partial charge is 0.315 e. The summed E-state index contributed by atoms with van der Waals surface area (Å²) >= 11 is 0. The molecule has 1 aromatic carbocycles. The Morgan fingerprint density at radius 2 is 1.76 bits per heavy atom. The number of carbonyl (C=O) groups is 2. The molecule has 1 unspecified atom stereocenters. The van der Waals surface area contributed by atoms with Gasteiger partial charge in [-0.15, -0.1) is 0 Å². The summed E-state index contributed by atoms with van der Waals surface area (Å²) in [6.45, 7) is 1.13. The third-order valence-electron chi connectivity index (χ3n) is 5.33. The molecule has 1 atom stereocenters. The van der Waals surface area contributed by atoms with Gasteiger partial charge in [-0.25, -0.2) is 9.18 Å². The number of benzene rings is 1. The highest BCUT2D eigenvalue weighted by atomic mass is 19.1. The van der Waals surface area contributed by atoms with Crippen molar-refractivity contribution in [1.29, 1.82) is 0 Å². The molecule has 3 amide bonds. The van der Waals surface area contributed by atoms with Gasteiger partial charge in [0.2, 0.25) is 5.91 Å². The minimum absolute atomic E-state index is 0.00586. The standard InChI is InChI=1S/C19H26FN3O2/c20-16-9-7-14(8-10-16)12-21-19(25)22-13-18(24)23-11-3-6-17(23)15-4-1-2-5-15/h7-10,15,17H,1-6,11-13H2,(H2,21,22,25). The van der Waals surface area contributed by atoms with E-state index in [1.54, 1.807) is 12.1 Å². The summed E-state index contributed by atoms with van der Waals surface area (Å²) < 4.78 is 12.8. The number of nitrogens with one attached hydrogen (secondary N) is 2. The number of likely N-dealkylation sites (tertiary alicyclic amines) is 1. The summed E-state index contributed by atoms with van der Waals surface area (Å²) in [5.74, 6) is 0.339. The first kappa shape index (κ1) is 17.7. The van der Waals surface area contributed by atoms with Crippen molar-refractivity contribution >= 4 is 11.9 Å². The second kappa shape index (κ2) is 8.32. The van der Waals surface area contributed by atoms with Crippen molar-refractivity contribution in [2.45, 2.75) is 51.1 Å². The van der Waals surface area contributed by atoms with Gasteiger partial charge >= 0.3 is 6.03 Å². The first-order valence-corrected chi connectivity index (χ1v) is 9.19. The first-order valence-electron chi connectivity index (χ1n) is 9.19. The predicted octanol–water partition coefficient (Wildman–Crippen LogP) is 2.81. The zero-order valence-electron chi connectivity index (χ0n) is 14.5. The van der Waals surface area contributed by atoms with E-state index in [-0.39, 0.29) is 24.3 Å². The fraction of sp³-hybridized carbons (Fsp3) is 0.579. The number of amides is 3. The molecule has 1 heterocycles. The molecule has 1 saturated heterocycles. The lowest BCUT2D eigenvalue weighted by atomic mass is 9.96. The third-order valence-corrected chi connectivity index (χ3v) is 5.33. The van der Waals surface area contributed by atoms with Gasteiger partial charge in [-0.05, 0) is 49.3 Å². The number of carbonyl (C=O) groups excluding carboxylic acids is 2. The van der Waals surface area contributed by atoms with Crippen LogP contribution < -0.4 is 10.6 Å². The summed E-state index contributed by atoms with van der Waals surface area (Å²) in [5.41, 5.74) is 0.809. The van der Waals surface area contributed by atoms with Gasteiger partial charge in [0.15, 0.2) is 0 Å². The minimum Gasteiger partial charge on any atom is -0.338 e. The average Bonchev–Trinajstić information content (AvgIpc) is 3.29. The van der Waals surface area contributed by atoms with Gasteiger partial charge in [-0.3, -0.25) is 4.79 Å². The Balaban J connectivity index is 1.41. The lowest BCUT2D eigenvalue weighted by Gasteiger charge is -2.29. The van der Waals surface area contributed by atoms with E-state index in [2.05, 4.69) is 10.6 Å². The van der Waals surface area contributed by atoms with Crippen molar-refractivity contribution in [3.05, 3.63) is 35.6 Å². The monoisotopic (exact) mass is 347 g/mol. The Kier molecular flexibility index (Phi) is 5.89. The van der Waals surface area contributed by atoms with Crippen molar-refractivity contribution in [1.82, 2.24) is 15.5 Å². The molecule has 2 aliphatic rings. The number of rotatable bonds is 5. The van der Waals surface area contributed by atoms with Crippen LogP contribution in [0.2, 0.25) is 0 Å². The van der Waals surface area contributed by atoms with Crippen LogP contribution in [-0.2, 0) is 11.3 Å². The molecule has 1 aliphatic carbocycles. The van der Waals surface area contributed by atoms with Gasteiger partial charge in [0.25, 0.3) is 0 Å². The summed E-state index contributed by atoms with van der Waals surface area (Å²) in [5, 5.41) is 5.32. The molecule has 3 rings (SSSR count). The van der Waals surface area contributed by atoms with E-state index >= 15 is 0 Å². The fourth-order valence-corrected chi connectivity index (χ4v) is 4.04. The van der Waals surface area contributed by atoms with Crippen LogP contribution in [0.4, 0.5) is 9.18 Å². The van der Waals surface area contributed by atoms with E-state index in [4.69, 9.17) is 0 Å². The van der Waals surface area contributed by atoms with Crippen LogP contribution in [0.1, 0.15) is 44.1 Å². The Morgan fingerprint density at radius 1 is 1.04 bits per heavy atom. The maximum Gasteiger partial charge on any atom is 0.315 e. The molecule has 2 N–H and O–H groups in total. The van der Waals surface area contributed by atoms with E-state index in [1.807, 2.05) is 4.90 Å². The van der Waals surface area contributed by atoms with Gasteiger partial charge in [0.1, 0.15) is 5.82 Å². The molecule has 0 aromatic heterocycles. The van der Waals surface area contributed by atoms with Crippen LogP contribution in [0.15, 0.2) is 24.3 Å². The first-order chi connectivity index (χ1) is 12.1. The van der Waals surface area contributed by atoms with Gasteiger partial charge in [0.05, 0.1) is 6.54 Å². The number of hydrogen-bond donors (Lipinski definition) is 2. The number of urea groups is 1. The summed E-state index contributed by atoms with van der Waals surface area (Å²) in [7, 11) is 0. The molecule has 136 valence electrons. The second-order valence-corrected chi connectivity index (χ2v) is 7.00. The molecule has 2 fully saturated rings. The number of nitrogens with zero attached hydrogens (tertiary/aromatic N) is 1. The number of halogens is 1. The Labute approximate surface area is 148 Å². The Morgan fingerprint density at radius 3 is 2.48 bits per heavy atom. The van der Waals surface area contributed by atoms with Gasteiger partial charge < -0.3 is 15.5 Å². The molecule has 25 heavy (non-hydrogen) atoms. The summed E-state index contributed by atoms with van der Waals surface area (Å²) in [4.78, 5) is 26.3. The highest BCUT2D eigenvalue weighted by Crippen LogP contribution is 2.35. The minimum atomic E-state index is -0.380. The van der Waals surface area contributed by atoms with Crippen molar-refractivity contribution in [3.63, 3.8) is 0 Å². The number of hydrogen-bond acceptors (Lipinski definition) is 2. The van der Waals surface area contributed by atoms with E-state index in [0.717, 1.165) is 24.9 Å². The quantitative estimate of drug-likeness (QED) is 0.860. The molecule has 0 radical (unpaired) electrons. The van der Waals surface area contributed by atoms with E-state index in [1.165, 1.54) is 37.8 Å². The molecule has 0 spiro atoms. The lowest BCUT2D eigenvalue weighted by molar-refractivity contribution is -0.131. The normalized spacial score (nSPS) is 20.7. The molecule has 1 saturated carbocycles. The van der Waals surface area contributed by atoms with Crippen molar-refractivity contribution < 1.29 is 14.0 Å². The molecular weight excluding hydrogens is 321 g/mol. The molecule has 1 aromatic rings. The highest BCUT2D eigenvalue weighted by molar-refractivity contribution is 5.84. The molecule has 6 heteroatoms. The Hall–Kier alpha value is -2.11. The maximum atomic E-state index is 12.8. The van der Waals surface area contributed by atoms with Crippen LogP contribution in [0, 0.1) is 11.7 Å². The van der Waals surface area contributed by atoms with Gasteiger partial charge in [-0.1, -0.05) is 25.0 Å². The SMILES string of the molecule is O=C(NCC(=O)N1CCCC1C1CCCC1)NCc1ccc(F)cc1. The van der Waals surface area contributed by atoms with Crippen LogP contribution in [0.5, 0.6) is 0 Å². The predicted molar refractivity (Wildman–Crippen MR) is 93.3 cm³/mol.